The fraction of sp³-hybridized carbons (Fsp3) is 0.231. The number of benzene rings is 1. The maximum Gasteiger partial charge on any atom is 0.261 e. The van der Waals surface area contributed by atoms with Crippen molar-refractivity contribution in [1.82, 2.24) is 9.78 Å². The molecule has 5 nitrogen and oxygen atoms in total. The zero-order valence-corrected chi connectivity index (χ0v) is 10.1. The van der Waals surface area contributed by atoms with E-state index in [0.717, 1.165) is 23.4 Å². The Labute approximate surface area is 105 Å². The minimum absolute atomic E-state index is 0.0209. The van der Waals surface area contributed by atoms with Gasteiger partial charge in [-0.1, -0.05) is 6.07 Å². The largest absolute Gasteiger partial charge is 0.398 e. The monoisotopic (exact) mass is 242 g/mol. The lowest BCUT2D eigenvalue weighted by Gasteiger charge is -2.16. The van der Waals surface area contributed by atoms with Gasteiger partial charge >= 0.3 is 0 Å². The standard InChI is InChI=1S/C13H14N4O/c1-16-8-9(7-15-16)13(18)17-6-5-10-11(14)3-2-4-12(10)17/h2-4,7-8H,5-6,14H2,1H3. The fourth-order valence-electron chi connectivity index (χ4n) is 2.36. The summed E-state index contributed by atoms with van der Waals surface area (Å²) in [4.78, 5) is 14.1. The summed E-state index contributed by atoms with van der Waals surface area (Å²) in [6.07, 6.45) is 4.13. The summed E-state index contributed by atoms with van der Waals surface area (Å²) in [7, 11) is 1.80. The van der Waals surface area contributed by atoms with Gasteiger partial charge in [0.1, 0.15) is 0 Å². The van der Waals surface area contributed by atoms with Crippen LogP contribution in [-0.4, -0.2) is 22.2 Å². The van der Waals surface area contributed by atoms with Crippen molar-refractivity contribution in [2.75, 3.05) is 17.2 Å². The Morgan fingerprint density at radius 1 is 1.44 bits per heavy atom. The molecule has 92 valence electrons. The van der Waals surface area contributed by atoms with Crippen molar-refractivity contribution < 1.29 is 4.79 Å². The second-order valence-electron chi connectivity index (χ2n) is 4.45. The van der Waals surface area contributed by atoms with Crippen LogP contribution < -0.4 is 10.6 Å². The van der Waals surface area contributed by atoms with Crippen LogP contribution in [0.5, 0.6) is 0 Å². The molecule has 0 unspecified atom stereocenters. The van der Waals surface area contributed by atoms with Crippen LogP contribution in [0.25, 0.3) is 0 Å². The SMILES string of the molecule is Cn1cc(C(=O)N2CCc3c(N)cccc32)cn1. The first-order valence-electron chi connectivity index (χ1n) is 5.84. The topological polar surface area (TPSA) is 64.2 Å². The van der Waals surface area contributed by atoms with Gasteiger partial charge in [0, 0.05) is 36.7 Å². The molecule has 0 spiro atoms. The predicted molar refractivity (Wildman–Crippen MR) is 69.4 cm³/mol. The minimum atomic E-state index is -0.0209. The first kappa shape index (κ1) is 10.8. The molecular weight excluding hydrogens is 228 g/mol. The van der Waals surface area contributed by atoms with Crippen LogP contribution in [-0.2, 0) is 13.5 Å². The number of anilines is 2. The number of aromatic nitrogens is 2. The molecule has 0 aliphatic carbocycles. The molecule has 0 radical (unpaired) electrons. The third-order valence-electron chi connectivity index (χ3n) is 3.26. The van der Waals surface area contributed by atoms with Crippen LogP contribution >= 0.6 is 0 Å². The molecule has 1 aromatic carbocycles. The van der Waals surface area contributed by atoms with Crippen molar-refractivity contribution in [3.63, 3.8) is 0 Å². The van der Waals surface area contributed by atoms with E-state index in [2.05, 4.69) is 5.10 Å². The number of carbonyl (C=O) groups excluding carboxylic acids is 1. The van der Waals surface area contributed by atoms with Crippen LogP contribution in [0.3, 0.4) is 0 Å². The van der Waals surface area contributed by atoms with Gasteiger partial charge in [-0.25, -0.2) is 0 Å². The number of fused-ring (bicyclic) bond motifs is 1. The third-order valence-corrected chi connectivity index (χ3v) is 3.26. The van der Waals surface area contributed by atoms with Crippen molar-refractivity contribution in [3.05, 3.63) is 41.7 Å². The van der Waals surface area contributed by atoms with E-state index in [4.69, 9.17) is 5.73 Å². The summed E-state index contributed by atoms with van der Waals surface area (Å²) in [6.45, 7) is 0.678. The average Bonchev–Trinajstić information content (AvgIpc) is 2.95. The number of rotatable bonds is 1. The molecule has 0 bridgehead atoms. The quantitative estimate of drug-likeness (QED) is 0.764. The van der Waals surface area contributed by atoms with Crippen molar-refractivity contribution >= 4 is 17.3 Å². The number of hydrogen-bond donors (Lipinski definition) is 1. The molecule has 2 aromatic rings. The lowest BCUT2D eigenvalue weighted by Crippen LogP contribution is -2.28. The van der Waals surface area contributed by atoms with Crippen LogP contribution in [0, 0.1) is 0 Å². The summed E-state index contributed by atoms with van der Waals surface area (Å²) < 4.78 is 1.63. The molecule has 1 amide bonds. The van der Waals surface area contributed by atoms with Crippen molar-refractivity contribution in [3.8, 4) is 0 Å². The van der Waals surface area contributed by atoms with Crippen LogP contribution in [0.4, 0.5) is 11.4 Å². The Morgan fingerprint density at radius 2 is 2.28 bits per heavy atom. The Bertz CT molecular complexity index is 617. The maximum absolute atomic E-state index is 12.4. The van der Waals surface area contributed by atoms with Crippen LogP contribution in [0.15, 0.2) is 30.6 Å². The summed E-state index contributed by atoms with van der Waals surface area (Å²) >= 11 is 0. The van der Waals surface area contributed by atoms with Gasteiger partial charge in [-0.2, -0.15) is 5.10 Å². The van der Waals surface area contributed by atoms with Crippen molar-refractivity contribution in [2.45, 2.75) is 6.42 Å². The Kier molecular flexibility index (Phi) is 2.33. The van der Waals surface area contributed by atoms with Gasteiger partial charge in [0.05, 0.1) is 11.8 Å². The molecule has 2 N–H and O–H groups in total. The zero-order valence-electron chi connectivity index (χ0n) is 10.1. The summed E-state index contributed by atoms with van der Waals surface area (Å²) in [6, 6.07) is 5.69. The van der Waals surface area contributed by atoms with E-state index in [1.54, 1.807) is 29.0 Å². The van der Waals surface area contributed by atoms with Crippen molar-refractivity contribution in [1.29, 1.82) is 0 Å². The zero-order chi connectivity index (χ0) is 12.7. The average molecular weight is 242 g/mol. The molecule has 18 heavy (non-hydrogen) atoms. The van der Waals surface area contributed by atoms with E-state index in [1.165, 1.54) is 0 Å². The molecule has 0 saturated heterocycles. The Hall–Kier alpha value is -2.30. The summed E-state index contributed by atoms with van der Waals surface area (Å²) in [5.74, 6) is -0.0209. The second kappa shape index (κ2) is 3.87. The van der Waals surface area contributed by atoms with E-state index >= 15 is 0 Å². The maximum atomic E-state index is 12.4. The normalized spacial score (nSPS) is 13.7. The highest BCUT2D eigenvalue weighted by atomic mass is 16.2. The van der Waals surface area contributed by atoms with Crippen LogP contribution in [0.2, 0.25) is 0 Å². The van der Waals surface area contributed by atoms with Gasteiger partial charge in [0.25, 0.3) is 5.91 Å². The predicted octanol–water partition coefficient (Wildman–Crippen LogP) is 1.21. The number of carbonyl (C=O) groups is 1. The van der Waals surface area contributed by atoms with E-state index in [-0.39, 0.29) is 5.91 Å². The molecule has 2 heterocycles. The van der Waals surface area contributed by atoms with E-state index < -0.39 is 0 Å². The molecule has 1 aliphatic rings. The van der Waals surface area contributed by atoms with E-state index in [9.17, 15) is 4.79 Å². The first-order chi connectivity index (χ1) is 8.66. The van der Waals surface area contributed by atoms with Gasteiger partial charge in [0.15, 0.2) is 0 Å². The summed E-state index contributed by atoms with van der Waals surface area (Å²) in [5.41, 5.74) is 9.27. The molecular formula is C13H14N4O. The minimum Gasteiger partial charge on any atom is -0.398 e. The Morgan fingerprint density at radius 3 is 3.00 bits per heavy atom. The van der Waals surface area contributed by atoms with Gasteiger partial charge in [0.2, 0.25) is 0 Å². The summed E-state index contributed by atoms with van der Waals surface area (Å²) in [5, 5.41) is 4.03. The highest BCUT2D eigenvalue weighted by Crippen LogP contribution is 2.32. The Balaban J connectivity index is 1.97. The molecule has 1 aliphatic heterocycles. The van der Waals surface area contributed by atoms with E-state index in [0.29, 0.717) is 12.1 Å². The molecule has 0 atom stereocenters. The second-order valence-corrected chi connectivity index (χ2v) is 4.45. The molecule has 3 rings (SSSR count). The molecule has 5 heteroatoms. The van der Waals surface area contributed by atoms with Gasteiger partial charge < -0.3 is 10.6 Å². The molecule has 0 fully saturated rings. The number of nitrogens with zero attached hydrogens (tertiary/aromatic N) is 3. The number of hydrogen-bond acceptors (Lipinski definition) is 3. The van der Waals surface area contributed by atoms with Gasteiger partial charge in [-0.3, -0.25) is 9.48 Å². The lowest BCUT2D eigenvalue weighted by molar-refractivity contribution is 0.0989. The lowest BCUT2D eigenvalue weighted by atomic mass is 10.1. The highest BCUT2D eigenvalue weighted by molar-refractivity contribution is 6.07. The van der Waals surface area contributed by atoms with Crippen LogP contribution in [0.1, 0.15) is 15.9 Å². The molecule has 1 aromatic heterocycles. The third kappa shape index (κ3) is 1.55. The number of nitrogen functional groups attached to an aromatic ring is 1. The number of amides is 1. The van der Waals surface area contributed by atoms with Gasteiger partial charge in [-0.05, 0) is 18.6 Å². The van der Waals surface area contributed by atoms with E-state index in [1.807, 2.05) is 18.2 Å². The first-order valence-corrected chi connectivity index (χ1v) is 5.84. The highest BCUT2D eigenvalue weighted by Gasteiger charge is 2.27. The molecule has 0 saturated carbocycles. The smallest absolute Gasteiger partial charge is 0.261 e. The number of nitrogens with two attached hydrogens (primary N) is 1. The number of aryl methyl sites for hydroxylation is 1. The van der Waals surface area contributed by atoms with Crippen molar-refractivity contribution in [2.24, 2.45) is 7.05 Å². The fourth-order valence-corrected chi connectivity index (χ4v) is 2.36. The van der Waals surface area contributed by atoms with Gasteiger partial charge in [-0.15, -0.1) is 0 Å².